The molecule has 1 amide bonds. The van der Waals surface area contributed by atoms with E-state index >= 15 is 0 Å². The van der Waals surface area contributed by atoms with E-state index in [-0.39, 0.29) is 5.91 Å². The Morgan fingerprint density at radius 3 is 2.39 bits per heavy atom. The van der Waals surface area contributed by atoms with Crippen LogP contribution in [-0.4, -0.2) is 42.0 Å². The molecule has 148 valence electrons. The first-order chi connectivity index (χ1) is 13.5. The lowest BCUT2D eigenvalue weighted by Crippen LogP contribution is -2.39. The number of likely N-dealkylation sites (N-methyl/N-ethyl adjacent to an activating group) is 1. The highest BCUT2D eigenvalue weighted by Gasteiger charge is 2.21. The number of amides is 1. The normalized spacial score (nSPS) is 11.3. The van der Waals surface area contributed by atoms with E-state index in [0.29, 0.717) is 13.0 Å². The summed E-state index contributed by atoms with van der Waals surface area (Å²) in [6.45, 7) is 12.0. The lowest BCUT2D eigenvalue weighted by atomic mass is 10.1. The number of benzene rings is 2. The maximum atomic E-state index is 13.2. The first-order valence-corrected chi connectivity index (χ1v) is 10.8. The number of carbonyl (C=O) groups is 1. The molecule has 2 aromatic carbocycles. The molecular weight excluding hydrogens is 366 g/mol. The van der Waals surface area contributed by atoms with Gasteiger partial charge in [0, 0.05) is 13.1 Å². The van der Waals surface area contributed by atoms with Crippen LogP contribution < -0.4 is 4.90 Å². The fourth-order valence-corrected chi connectivity index (χ4v) is 4.37. The van der Waals surface area contributed by atoms with Crippen LogP contribution in [0.2, 0.25) is 0 Å². The molecule has 0 saturated carbocycles. The van der Waals surface area contributed by atoms with Gasteiger partial charge in [-0.2, -0.15) is 0 Å². The van der Waals surface area contributed by atoms with Crippen molar-refractivity contribution in [1.29, 1.82) is 0 Å². The van der Waals surface area contributed by atoms with E-state index in [2.05, 4.69) is 44.7 Å². The molecule has 0 fully saturated rings. The number of nitrogens with zero attached hydrogens (tertiary/aromatic N) is 3. The van der Waals surface area contributed by atoms with E-state index in [0.717, 1.165) is 40.5 Å². The van der Waals surface area contributed by atoms with Crippen molar-refractivity contribution in [3.05, 3.63) is 59.2 Å². The van der Waals surface area contributed by atoms with Crippen LogP contribution in [0.4, 0.5) is 5.13 Å². The minimum Gasteiger partial charge on any atom is -0.302 e. The Morgan fingerprint density at radius 1 is 1.00 bits per heavy atom. The number of carbonyl (C=O) groups excluding carboxylic acids is 1. The average Bonchev–Trinajstić information content (AvgIpc) is 3.13. The summed E-state index contributed by atoms with van der Waals surface area (Å²) < 4.78 is 1.14. The molecule has 1 heterocycles. The van der Waals surface area contributed by atoms with Crippen molar-refractivity contribution < 1.29 is 4.79 Å². The summed E-state index contributed by atoms with van der Waals surface area (Å²) in [5.41, 5.74) is 4.47. The maximum Gasteiger partial charge on any atom is 0.233 e. The minimum atomic E-state index is 0.104. The lowest BCUT2D eigenvalue weighted by Gasteiger charge is -2.24. The van der Waals surface area contributed by atoms with Gasteiger partial charge in [-0.3, -0.25) is 9.69 Å². The molecule has 0 radical (unpaired) electrons. The summed E-state index contributed by atoms with van der Waals surface area (Å²) in [5, 5.41) is 0.803. The third kappa shape index (κ3) is 4.59. The topological polar surface area (TPSA) is 36.4 Å². The molecule has 0 aliphatic heterocycles. The van der Waals surface area contributed by atoms with Gasteiger partial charge >= 0.3 is 0 Å². The van der Waals surface area contributed by atoms with Crippen molar-refractivity contribution in [2.75, 3.05) is 31.1 Å². The van der Waals surface area contributed by atoms with Crippen molar-refractivity contribution in [2.24, 2.45) is 0 Å². The van der Waals surface area contributed by atoms with E-state index in [9.17, 15) is 4.79 Å². The summed E-state index contributed by atoms with van der Waals surface area (Å²) in [5.74, 6) is 0.104. The molecule has 0 N–H and O–H groups in total. The van der Waals surface area contributed by atoms with Gasteiger partial charge in [-0.25, -0.2) is 4.98 Å². The Hall–Kier alpha value is -2.24. The fourth-order valence-electron chi connectivity index (χ4n) is 3.30. The maximum absolute atomic E-state index is 13.2. The average molecular weight is 396 g/mol. The molecule has 1 aromatic heterocycles. The van der Waals surface area contributed by atoms with Crippen LogP contribution in [0.1, 0.15) is 30.5 Å². The second-order valence-electron chi connectivity index (χ2n) is 7.09. The van der Waals surface area contributed by atoms with Crippen LogP contribution in [0.15, 0.2) is 42.5 Å². The van der Waals surface area contributed by atoms with Crippen molar-refractivity contribution in [2.45, 2.75) is 34.1 Å². The highest BCUT2D eigenvalue weighted by molar-refractivity contribution is 7.22. The van der Waals surface area contributed by atoms with Gasteiger partial charge in [0.05, 0.1) is 16.6 Å². The predicted octanol–water partition coefficient (Wildman–Crippen LogP) is 4.83. The van der Waals surface area contributed by atoms with Gasteiger partial charge in [-0.1, -0.05) is 61.6 Å². The number of thiazole rings is 1. The zero-order valence-corrected chi connectivity index (χ0v) is 18.1. The molecule has 3 rings (SSSR count). The van der Waals surface area contributed by atoms with Gasteiger partial charge in [-0.15, -0.1) is 0 Å². The standard InChI is InChI=1S/C23H29N3OS/c1-5-25(6-2)14-15-26(21(27)16-19-10-8-7-9-11-19)23-24-22-18(4)17(3)12-13-20(22)28-23/h7-13H,5-6,14-16H2,1-4H3. The number of aryl methyl sites for hydroxylation is 2. The number of hydrogen-bond acceptors (Lipinski definition) is 4. The van der Waals surface area contributed by atoms with E-state index < -0.39 is 0 Å². The molecule has 0 unspecified atom stereocenters. The van der Waals surface area contributed by atoms with Crippen LogP contribution in [-0.2, 0) is 11.2 Å². The fraction of sp³-hybridized carbons (Fsp3) is 0.391. The predicted molar refractivity (Wildman–Crippen MR) is 119 cm³/mol. The Balaban J connectivity index is 1.91. The Labute approximate surface area is 171 Å². The monoisotopic (exact) mass is 395 g/mol. The molecule has 28 heavy (non-hydrogen) atoms. The van der Waals surface area contributed by atoms with Gasteiger partial charge in [0.2, 0.25) is 5.91 Å². The van der Waals surface area contributed by atoms with Crippen molar-refractivity contribution >= 4 is 32.6 Å². The Kier molecular flexibility index (Phi) is 6.81. The van der Waals surface area contributed by atoms with Crippen LogP contribution in [0.5, 0.6) is 0 Å². The van der Waals surface area contributed by atoms with Crippen molar-refractivity contribution in [3.63, 3.8) is 0 Å². The Bertz CT molecular complexity index is 932. The molecule has 0 bridgehead atoms. The van der Waals surface area contributed by atoms with E-state index in [1.807, 2.05) is 35.2 Å². The van der Waals surface area contributed by atoms with Crippen molar-refractivity contribution in [3.8, 4) is 0 Å². The van der Waals surface area contributed by atoms with E-state index in [1.165, 1.54) is 11.1 Å². The van der Waals surface area contributed by atoms with Gasteiger partial charge in [0.25, 0.3) is 0 Å². The van der Waals surface area contributed by atoms with Crippen LogP contribution in [0, 0.1) is 13.8 Å². The smallest absolute Gasteiger partial charge is 0.233 e. The SMILES string of the molecule is CCN(CC)CCN(C(=O)Cc1ccccc1)c1nc2c(C)c(C)ccc2s1. The zero-order chi connectivity index (χ0) is 20.1. The third-order valence-corrected chi connectivity index (χ3v) is 6.38. The zero-order valence-electron chi connectivity index (χ0n) is 17.2. The molecule has 0 saturated heterocycles. The molecule has 0 atom stereocenters. The molecule has 0 aliphatic rings. The third-order valence-electron chi connectivity index (χ3n) is 5.34. The number of aromatic nitrogens is 1. The number of anilines is 1. The summed E-state index contributed by atoms with van der Waals surface area (Å²) in [6.07, 6.45) is 0.396. The highest BCUT2D eigenvalue weighted by atomic mass is 32.1. The van der Waals surface area contributed by atoms with Crippen LogP contribution in [0.3, 0.4) is 0 Å². The van der Waals surface area contributed by atoms with Crippen molar-refractivity contribution in [1.82, 2.24) is 9.88 Å². The van der Waals surface area contributed by atoms with Gasteiger partial charge < -0.3 is 4.90 Å². The quantitative estimate of drug-likeness (QED) is 0.548. The minimum absolute atomic E-state index is 0.104. The Morgan fingerprint density at radius 2 is 1.71 bits per heavy atom. The molecule has 0 spiro atoms. The number of fused-ring (bicyclic) bond motifs is 1. The summed E-state index contributed by atoms with van der Waals surface area (Å²) in [7, 11) is 0. The lowest BCUT2D eigenvalue weighted by molar-refractivity contribution is -0.118. The van der Waals surface area contributed by atoms with Crippen LogP contribution >= 0.6 is 11.3 Å². The van der Waals surface area contributed by atoms with Crippen LogP contribution in [0.25, 0.3) is 10.2 Å². The molecular formula is C23H29N3OS. The highest BCUT2D eigenvalue weighted by Crippen LogP contribution is 2.32. The largest absolute Gasteiger partial charge is 0.302 e. The molecule has 3 aromatic rings. The van der Waals surface area contributed by atoms with E-state index in [4.69, 9.17) is 4.98 Å². The number of hydrogen-bond donors (Lipinski definition) is 0. The van der Waals surface area contributed by atoms with Gasteiger partial charge in [0.1, 0.15) is 0 Å². The molecule has 0 aliphatic carbocycles. The molecule has 5 heteroatoms. The number of rotatable bonds is 8. The first kappa shape index (κ1) is 20.5. The summed E-state index contributed by atoms with van der Waals surface area (Å²) in [4.78, 5) is 22.3. The van der Waals surface area contributed by atoms with E-state index in [1.54, 1.807) is 11.3 Å². The second kappa shape index (κ2) is 9.30. The summed E-state index contributed by atoms with van der Waals surface area (Å²) in [6, 6.07) is 14.2. The van der Waals surface area contributed by atoms with Gasteiger partial charge in [0.15, 0.2) is 5.13 Å². The van der Waals surface area contributed by atoms with Gasteiger partial charge in [-0.05, 0) is 49.7 Å². The first-order valence-electron chi connectivity index (χ1n) is 9.96. The summed E-state index contributed by atoms with van der Waals surface area (Å²) >= 11 is 1.61. The second-order valence-corrected chi connectivity index (χ2v) is 8.09. The molecule has 4 nitrogen and oxygen atoms in total.